The monoisotopic (exact) mass is 253 g/mol. The first-order chi connectivity index (χ1) is 8.50. The van der Waals surface area contributed by atoms with Crippen molar-refractivity contribution < 1.29 is 13.6 Å². The molecule has 1 saturated heterocycles. The van der Waals surface area contributed by atoms with Crippen molar-refractivity contribution in [3.05, 3.63) is 24.2 Å². The summed E-state index contributed by atoms with van der Waals surface area (Å²) in [6.45, 7) is 7.18. The zero-order valence-electron chi connectivity index (χ0n) is 10.5. The average Bonchev–Trinajstić information content (AvgIpc) is 2.75. The molecule has 18 heavy (non-hydrogen) atoms. The van der Waals surface area contributed by atoms with Gasteiger partial charge in [0.25, 0.3) is 5.91 Å². The van der Waals surface area contributed by atoms with E-state index in [1.165, 1.54) is 4.90 Å². The molecule has 0 spiro atoms. The zero-order valence-corrected chi connectivity index (χ0v) is 10.5. The lowest BCUT2D eigenvalue weighted by Crippen LogP contribution is -2.46. The second-order valence-electron chi connectivity index (χ2n) is 4.55. The Bertz CT molecular complexity index is 472. The lowest BCUT2D eigenvalue weighted by molar-refractivity contribution is -0.132. The number of hydrogen-bond acceptors (Lipinski definition) is 4. The van der Waals surface area contributed by atoms with Crippen molar-refractivity contribution in [1.82, 2.24) is 15.1 Å². The molecule has 0 radical (unpaired) electrons. The second kappa shape index (κ2) is 4.88. The van der Waals surface area contributed by atoms with E-state index in [0.29, 0.717) is 18.3 Å². The van der Waals surface area contributed by atoms with Crippen LogP contribution in [-0.4, -0.2) is 33.6 Å². The third-order valence-corrected chi connectivity index (χ3v) is 3.34. The van der Waals surface area contributed by atoms with E-state index in [1.807, 2.05) is 6.92 Å². The van der Waals surface area contributed by atoms with Crippen molar-refractivity contribution in [2.45, 2.75) is 38.6 Å². The number of carbonyl (C=O) groups is 1. The van der Waals surface area contributed by atoms with Gasteiger partial charge >= 0.3 is 0 Å². The molecule has 0 unspecified atom stereocenters. The first-order valence-corrected chi connectivity index (χ1v) is 5.96. The average molecular weight is 253 g/mol. The van der Waals surface area contributed by atoms with Gasteiger partial charge in [-0.25, -0.2) is 4.39 Å². The summed E-state index contributed by atoms with van der Waals surface area (Å²) in [7, 11) is 0. The molecule has 1 aliphatic rings. The number of aryl methyl sites for hydroxylation is 1. The van der Waals surface area contributed by atoms with Gasteiger partial charge in [0.1, 0.15) is 0 Å². The van der Waals surface area contributed by atoms with Crippen LogP contribution in [0.5, 0.6) is 0 Å². The first-order valence-electron chi connectivity index (χ1n) is 5.96. The summed E-state index contributed by atoms with van der Waals surface area (Å²) in [5.74, 6) is -0.603. The van der Waals surface area contributed by atoms with Crippen molar-refractivity contribution in [3.8, 4) is 0 Å². The highest BCUT2D eigenvalue weighted by atomic mass is 19.1. The van der Waals surface area contributed by atoms with Crippen LogP contribution < -0.4 is 0 Å². The largest absolute Gasteiger partial charge is 0.425 e. The Morgan fingerprint density at radius 1 is 1.56 bits per heavy atom. The van der Waals surface area contributed by atoms with Crippen LogP contribution in [0.25, 0.3) is 0 Å². The number of halogens is 1. The van der Waals surface area contributed by atoms with E-state index < -0.39 is 11.7 Å². The van der Waals surface area contributed by atoms with Gasteiger partial charge in [0.2, 0.25) is 11.8 Å². The van der Waals surface area contributed by atoms with Crippen molar-refractivity contribution >= 4 is 5.91 Å². The van der Waals surface area contributed by atoms with Crippen LogP contribution in [0.4, 0.5) is 4.39 Å². The Balaban J connectivity index is 2.19. The Hall–Kier alpha value is -1.72. The van der Waals surface area contributed by atoms with E-state index >= 15 is 0 Å². The van der Waals surface area contributed by atoms with E-state index in [1.54, 1.807) is 6.92 Å². The molecule has 2 atom stereocenters. The SMILES string of the molecule is C=C(F)C(=O)N1CCC[C@@H](c2nnc(C)o2)[C@H]1C. The molecule has 1 amide bonds. The van der Waals surface area contributed by atoms with Gasteiger partial charge in [-0.15, -0.1) is 10.2 Å². The van der Waals surface area contributed by atoms with Crippen LogP contribution >= 0.6 is 0 Å². The molecule has 2 heterocycles. The predicted octanol–water partition coefficient (Wildman–Crippen LogP) is 1.96. The van der Waals surface area contributed by atoms with E-state index in [9.17, 15) is 9.18 Å². The number of piperidine rings is 1. The molecule has 1 aliphatic heterocycles. The summed E-state index contributed by atoms with van der Waals surface area (Å²) in [5.41, 5.74) is 0. The standard InChI is InChI=1S/C12H16FN3O2/c1-7(13)12(17)16-6-4-5-10(8(16)2)11-15-14-9(3)18-11/h8,10H,1,4-6H2,2-3H3/t8-,10-/m1/s1. The van der Waals surface area contributed by atoms with Gasteiger partial charge in [-0.05, 0) is 19.8 Å². The highest BCUT2D eigenvalue weighted by Gasteiger charge is 2.35. The minimum Gasteiger partial charge on any atom is -0.425 e. The molecule has 5 nitrogen and oxygen atoms in total. The molecule has 0 aromatic carbocycles. The maximum atomic E-state index is 12.9. The summed E-state index contributed by atoms with van der Waals surface area (Å²) in [6.07, 6.45) is 1.64. The molecule has 1 aromatic heterocycles. The fraction of sp³-hybridized carbons (Fsp3) is 0.583. The van der Waals surface area contributed by atoms with E-state index in [2.05, 4.69) is 16.8 Å². The minimum absolute atomic E-state index is 0.0387. The summed E-state index contributed by atoms with van der Waals surface area (Å²) in [6, 6.07) is -0.168. The van der Waals surface area contributed by atoms with Crippen LogP contribution in [0.1, 0.15) is 37.5 Å². The van der Waals surface area contributed by atoms with Crippen LogP contribution in [-0.2, 0) is 4.79 Å². The van der Waals surface area contributed by atoms with Gasteiger partial charge in [0, 0.05) is 19.5 Å². The topological polar surface area (TPSA) is 59.2 Å². The van der Waals surface area contributed by atoms with Gasteiger partial charge in [-0.1, -0.05) is 6.58 Å². The Morgan fingerprint density at radius 2 is 2.28 bits per heavy atom. The van der Waals surface area contributed by atoms with Gasteiger partial charge in [0.05, 0.1) is 5.92 Å². The first kappa shape index (κ1) is 12.7. The molecule has 6 heteroatoms. The van der Waals surface area contributed by atoms with Gasteiger partial charge < -0.3 is 9.32 Å². The normalized spacial score (nSPS) is 24.1. The third-order valence-electron chi connectivity index (χ3n) is 3.34. The molecular weight excluding hydrogens is 237 g/mol. The Morgan fingerprint density at radius 3 is 2.83 bits per heavy atom. The maximum Gasteiger partial charge on any atom is 0.282 e. The third kappa shape index (κ3) is 2.27. The number of aromatic nitrogens is 2. The fourth-order valence-corrected chi connectivity index (χ4v) is 2.38. The van der Waals surface area contributed by atoms with Crippen molar-refractivity contribution in [3.63, 3.8) is 0 Å². The molecule has 1 fully saturated rings. The summed E-state index contributed by atoms with van der Waals surface area (Å²) in [4.78, 5) is 13.2. The second-order valence-corrected chi connectivity index (χ2v) is 4.55. The van der Waals surface area contributed by atoms with E-state index in [4.69, 9.17) is 4.42 Å². The van der Waals surface area contributed by atoms with Crippen LogP contribution in [0, 0.1) is 6.92 Å². The van der Waals surface area contributed by atoms with Gasteiger partial charge in [0.15, 0.2) is 5.83 Å². The van der Waals surface area contributed by atoms with Crippen molar-refractivity contribution in [2.24, 2.45) is 0 Å². The van der Waals surface area contributed by atoms with Crippen LogP contribution in [0.15, 0.2) is 16.8 Å². The number of rotatable bonds is 2. The van der Waals surface area contributed by atoms with Gasteiger partial charge in [-0.2, -0.15) is 0 Å². The quantitative estimate of drug-likeness (QED) is 0.756. The summed E-state index contributed by atoms with van der Waals surface area (Å²) in [5, 5.41) is 7.78. The van der Waals surface area contributed by atoms with Gasteiger partial charge in [-0.3, -0.25) is 4.79 Å². The molecule has 0 saturated carbocycles. The van der Waals surface area contributed by atoms with E-state index in [-0.39, 0.29) is 12.0 Å². The molecule has 98 valence electrons. The number of likely N-dealkylation sites (tertiary alicyclic amines) is 1. The number of carbonyl (C=O) groups excluding carboxylic acids is 1. The minimum atomic E-state index is -0.927. The predicted molar refractivity (Wildman–Crippen MR) is 62.4 cm³/mol. The molecule has 1 aromatic rings. The summed E-state index contributed by atoms with van der Waals surface area (Å²) < 4.78 is 18.4. The lowest BCUT2D eigenvalue weighted by Gasteiger charge is -2.37. The van der Waals surface area contributed by atoms with E-state index in [0.717, 1.165) is 12.8 Å². The van der Waals surface area contributed by atoms with Crippen molar-refractivity contribution in [2.75, 3.05) is 6.54 Å². The molecule has 0 N–H and O–H groups in total. The smallest absolute Gasteiger partial charge is 0.282 e. The Labute approximate surface area is 105 Å². The molecule has 0 aliphatic carbocycles. The molecular formula is C12H16FN3O2. The van der Waals surface area contributed by atoms with Crippen LogP contribution in [0.2, 0.25) is 0 Å². The highest BCUT2D eigenvalue weighted by molar-refractivity contribution is 5.90. The zero-order chi connectivity index (χ0) is 13.3. The van der Waals surface area contributed by atoms with Crippen molar-refractivity contribution in [1.29, 1.82) is 0 Å². The molecule has 0 bridgehead atoms. The number of nitrogens with zero attached hydrogens (tertiary/aromatic N) is 3. The molecule has 2 rings (SSSR count). The Kier molecular flexibility index (Phi) is 3.45. The highest BCUT2D eigenvalue weighted by Crippen LogP contribution is 2.32. The lowest BCUT2D eigenvalue weighted by atomic mass is 9.90. The maximum absolute atomic E-state index is 12.9. The van der Waals surface area contributed by atoms with Crippen LogP contribution in [0.3, 0.4) is 0 Å². The summed E-state index contributed by atoms with van der Waals surface area (Å²) >= 11 is 0. The number of amides is 1. The number of hydrogen-bond donors (Lipinski definition) is 0. The fourth-order valence-electron chi connectivity index (χ4n) is 2.38.